The number of halogens is 1. The number of nitrogens with one attached hydrogen (secondary N) is 1. The van der Waals surface area contributed by atoms with Gasteiger partial charge in [-0.25, -0.2) is 4.39 Å². The minimum atomic E-state index is -0.943. The molecule has 7 heteroatoms. The van der Waals surface area contributed by atoms with E-state index in [0.717, 1.165) is 0 Å². The van der Waals surface area contributed by atoms with Gasteiger partial charge >= 0.3 is 0 Å². The Morgan fingerprint density at radius 1 is 1.27 bits per heavy atom. The smallest absolute Gasteiger partial charge is 0.273 e. The van der Waals surface area contributed by atoms with E-state index in [4.69, 9.17) is 4.74 Å². The quantitative estimate of drug-likeness (QED) is 0.679. The van der Waals surface area contributed by atoms with E-state index in [1.54, 1.807) is 6.07 Å². The molecule has 0 radical (unpaired) electrons. The molecule has 0 unspecified atom stereocenters. The number of anilines is 1. The topological polar surface area (TPSA) is 81.5 Å². The van der Waals surface area contributed by atoms with Crippen LogP contribution in [-0.4, -0.2) is 16.9 Å². The molecule has 1 N–H and O–H groups in total. The highest BCUT2D eigenvalue weighted by Crippen LogP contribution is 2.20. The minimum absolute atomic E-state index is 0.0435. The van der Waals surface area contributed by atoms with Gasteiger partial charge in [0.25, 0.3) is 11.6 Å². The van der Waals surface area contributed by atoms with E-state index in [9.17, 15) is 19.3 Å². The van der Waals surface area contributed by atoms with Gasteiger partial charge < -0.3 is 10.1 Å². The molecule has 0 heterocycles. The van der Waals surface area contributed by atoms with Gasteiger partial charge in [0.2, 0.25) is 0 Å². The predicted molar refractivity (Wildman–Crippen MR) is 78.2 cm³/mol. The van der Waals surface area contributed by atoms with Crippen molar-refractivity contribution in [1.82, 2.24) is 0 Å². The lowest BCUT2D eigenvalue weighted by molar-refractivity contribution is -0.384. The second-order valence-electron chi connectivity index (χ2n) is 4.48. The Labute approximate surface area is 125 Å². The molecular formula is C15H13FN2O4. The van der Waals surface area contributed by atoms with Crippen molar-refractivity contribution in [3.8, 4) is 5.75 Å². The summed E-state index contributed by atoms with van der Waals surface area (Å²) in [6.45, 7) is 1.47. The van der Waals surface area contributed by atoms with Crippen LogP contribution in [0.25, 0.3) is 0 Å². The molecule has 2 aromatic carbocycles. The average molecular weight is 304 g/mol. The zero-order valence-corrected chi connectivity index (χ0v) is 11.7. The van der Waals surface area contributed by atoms with Crippen molar-refractivity contribution in [2.45, 2.75) is 13.0 Å². The highest BCUT2D eigenvalue weighted by atomic mass is 19.1. The molecule has 2 aromatic rings. The van der Waals surface area contributed by atoms with Crippen molar-refractivity contribution < 1.29 is 18.8 Å². The molecule has 2 rings (SSSR count). The number of nitrogens with zero attached hydrogens (tertiary/aromatic N) is 1. The molecule has 1 amide bonds. The number of nitro groups is 1. The van der Waals surface area contributed by atoms with Crippen LogP contribution >= 0.6 is 0 Å². The van der Waals surface area contributed by atoms with Gasteiger partial charge in [0.15, 0.2) is 6.10 Å². The standard InChI is InChI=1S/C15H13FN2O4/c1-10(15(19)17-14-8-3-2-7-13(14)16)22-12-6-4-5-11(9-12)18(20)21/h2-10H,1H3,(H,17,19)/t10-/m1/s1. The number of non-ortho nitro benzene ring substituents is 1. The highest BCUT2D eigenvalue weighted by Gasteiger charge is 2.17. The third kappa shape index (κ3) is 3.78. The predicted octanol–water partition coefficient (Wildman–Crippen LogP) is 3.14. The van der Waals surface area contributed by atoms with Crippen LogP contribution in [0, 0.1) is 15.9 Å². The lowest BCUT2D eigenvalue weighted by Gasteiger charge is -2.14. The SMILES string of the molecule is C[C@@H](Oc1cccc([N+](=O)[O-])c1)C(=O)Nc1ccccc1F. The molecule has 22 heavy (non-hydrogen) atoms. The molecule has 0 saturated carbocycles. The lowest BCUT2D eigenvalue weighted by atomic mass is 10.2. The molecule has 114 valence electrons. The number of para-hydroxylation sites is 1. The van der Waals surface area contributed by atoms with Crippen LogP contribution in [0.5, 0.6) is 5.75 Å². The van der Waals surface area contributed by atoms with Gasteiger partial charge in [-0.15, -0.1) is 0 Å². The maximum absolute atomic E-state index is 13.5. The summed E-state index contributed by atoms with van der Waals surface area (Å²) in [6, 6.07) is 11.2. The van der Waals surface area contributed by atoms with Crippen molar-refractivity contribution in [2.75, 3.05) is 5.32 Å². The van der Waals surface area contributed by atoms with Crippen LogP contribution in [-0.2, 0) is 4.79 Å². The van der Waals surface area contributed by atoms with Gasteiger partial charge in [0, 0.05) is 6.07 Å². The largest absolute Gasteiger partial charge is 0.481 e. The van der Waals surface area contributed by atoms with Crippen LogP contribution in [0.15, 0.2) is 48.5 Å². The third-order valence-corrected chi connectivity index (χ3v) is 2.84. The second kappa shape index (κ2) is 6.66. The van der Waals surface area contributed by atoms with Crippen molar-refractivity contribution >= 4 is 17.3 Å². The van der Waals surface area contributed by atoms with Crippen LogP contribution in [0.2, 0.25) is 0 Å². The van der Waals surface area contributed by atoms with E-state index in [1.165, 1.54) is 49.4 Å². The molecule has 6 nitrogen and oxygen atoms in total. The van der Waals surface area contributed by atoms with E-state index in [0.29, 0.717) is 0 Å². The lowest BCUT2D eigenvalue weighted by Crippen LogP contribution is -2.30. The Bertz CT molecular complexity index is 705. The highest BCUT2D eigenvalue weighted by molar-refractivity contribution is 5.94. The molecule has 0 aromatic heterocycles. The minimum Gasteiger partial charge on any atom is -0.481 e. The van der Waals surface area contributed by atoms with Crippen LogP contribution in [0.1, 0.15) is 6.92 Å². The number of amides is 1. The summed E-state index contributed by atoms with van der Waals surface area (Å²) in [7, 11) is 0. The molecule has 0 saturated heterocycles. The number of hydrogen-bond donors (Lipinski definition) is 1. The summed E-state index contributed by atoms with van der Waals surface area (Å²) < 4.78 is 18.8. The maximum Gasteiger partial charge on any atom is 0.273 e. The van der Waals surface area contributed by atoms with Crippen molar-refractivity contribution in [3.05, 3.63) is 64.5 Å². The Hall–Kier alpha value is -2.96. The first-order chi connectivity index (χ1) is 10.5. The number of benzene rings is 2. The summed E-state index contributed by atoms with van der Waals surface area (Å²) in [5.74, 6) is -0.930. The fourth-order valence-electron chi connectivity index (χ4n) is 1.72. The van der Waals surface area contributed by atoms with Gasteiger partial charge in [0.05, 0.1) is 16.7 Å². The molecule has 0 bridgehead atoms. The Morgan fingerprint density at radius 2 is 2.00 bits per heavy atom. The first-order valence-electron chi connectivity index (χ1n) is 6.44. The summed E-state index contributed by atoms with van der Waals surface area (Å²) in [6.07, 6.45) is -0.943. The van der Waals surface area contributed by atoms with Crippen molar-refractivity contribution in [3.63, 3.8) is 0 Å². The molecule has 0 aliphatic carbocycles. The van der Waals surface area contributed by atoms with E-state index in [1.807, 2.05) is 0 Å². The fraction of sp³-hybridized carbons (Fsp3) is 0.133. The van der Waals surface area contributed by atoms with E-state index in [-0.39, 0.29) is 17.1 Å². The molecular weight excluding hydrogens is 291 g/mol. The first kappa shape index (κ1) is 15.4. The second-order valence-corrected chi connectivity index (χ2v) is 4.48. The number of ether oxygens (including phenoxy) is 1. The molecule has 0 spiro atoms. The van der Waals surface area contributed by atoms with Gasteiger partial charge in [0.1, 0.15) is 11.6 Å². The monoisotopic (exact) mass is 304 g/mol. The van der Waals surface area contributed by atoms with Crippen LogP contribution in [0.4, 0.5) is 15.8 Å². The summed E-state index contributed by atoms with van der Waals surface area (Å²) in [5, 5.41) is 13.1. The van der Waals surface area contributed by atoms with E-state index in [2.05, 4.69) is 5.32 Å². The van der Waals surface area contributed by atoms with Crippen molar-refractivity contribution in [2.24, 2.45) is 0 Å². The average Bonchev–Trinajstić information content (AvgIpc) is 2.49. The van der Waals surface area contributed by atoms with E-state index < -0.39 is 22.8 Å². The van der Waals surface area contributed by atoms with Crippen LogP contribution < -0.4 is 10.1 Å². The number of hydrogen-bond acceptors (Lipinski definition) is 4. The zero-order valence-electron chi connectivity index (χ0n) is 11.7. The Balaban J connectivity index is 2.04. The normalized spacial score (nSPS) is 11.5. The fourth-order valence-corrected chi connectivity index (χ4v) is 1.72. The molecule has 1 atom stereocenters. The number of nitro benzene ring substituents is 1. The van der Waals surface area contributed by atoms with Crippen molar-refractivity contribution in [1.29, 1.82) is 0 Å². The van der Waals surface area contributed by atoms with E-state index >= 15 is 0 Å². The summed E-state index contributed by atoms with van der Waals surface area (Å²) >= 11 is 0. The van der Waals surface area contributed by atoms with Gasteiger partial charge in [-0.1, -0.05) is 18.2 Å². The van der Waals surface area contributed by atoms with Gasteiger partial charge in [-0.3, -0.25) is 14.9 Å². The molecule has 0 fully saturated rings. The number of carbonyl (C=O) groups excluding carboxylic acids is 1. The van der Waals surface area contributed by atoms with Gasteiger partial charge in [-0.05, 0) is 25.1 Å². The maximum atomic E-state index is 13.5. The number of carbonyl (C=O) groups is 1. The number of rotatable bonds is 5. The molecule has 0 aliphatic rings. The third-order valence-electron chi connectivity index (χ3n) is 2.84. The first-order valence-corrected chi connectivity index (χ1v) is 6.44. The zero-order chi connectivity index (χ0) is 16.1. The molecule has 0 aliphatic heterocycles. The Morgan fingerprint density at radius 3 is 2.68 bits per heavy atom. The summed E-state index contributed by atoms with van der Waals surface area (Å²) in [5.41, 5.74) is -0.0961. The summed E-state index contributed by atoms with van der Waals surface area (Å²) in [4.78, 5) is 22.1. The van der Waals surface area contributed by atoms with Crippen LogP contribution in [0.3, 0.4) is 0 Å². The Kier molecular flexibility index (Phi) is 4.67. The van der Waals surface area contributed by atoms with Gasteiger partial charge in [-0.2, -0.15) is 0 Å².